The van der Waals surface area contributed by atoms with E-state index in [9.17, 15) is 13.2 Å². The summed E-state index contributed by atoms with van der Waals surface area (Å²) in [6, 6.07) is 9.88. The molecule has 0 radical (unpaired) electrons. The predicted molar refractivity (Wildman–Crippen MR) is 104 cm³/mol. The summed E-state index contributed by atoms with van der Waals surface area (Å²) < 4.78 is 51.3. The van der Waals surface area contributed by atoms with Crippen LogP contribution < -0.4 is 10.1 Å². The van der Waals surface area contributed by atoms with Crippen LogP contribution in [0.2, 0.25) is 0 Å². The van der Waals surface area contributed by atoms with Gasteiger partial charge in [0.05, 0.1) is 11.6 Å². The van der Waals surface area contributed by atoms with Crippen LogP contribution in [0.3, 0.4) is 0 Å². The molecular formula is C21H22F3N3O2. The lowest BCUT2D eigenvalue weighted by Gasteiger charge is -2.34. The van der Waals surface area contributed by atoms with Crippen LogP contribution >= 0.6 is 0 Å². The fourth-order valence-electron chi connectivity index (χ4n) is 3.44. The van der Waals surface area contributed by atoms with Gasteiger partial charge in [0.25, 0.3) is 0 Å². The van der Waals surface area contributed by atoms with Gasteiger partial charge in [-0.3, -0.25) is 0 Å². The Balaban J connectivity index is 1.71. The van der Waals surface area contributed by atoms with Crippen LogP contribution in [0.4, 0.5) is 19.0 Å². The third kappa shape index (κ3) is 4.03. The number of pyridine rings is 1. The standard InChI is InChI=1S/C21H22F3N3O2/c1-12(2)10-28-17-11-29-16-6-4-3-5-13(16)19(17)27-20-14-9-18(21(22,23)24)26-15(14)7-8-25-20/h3-9,12,17,19,26H,10-11H2,1-2H3,(H,25,27)/t17-,19-/m0/s1. The smallest absolute Gasteiger partial charge is 0.431 e. The number of hydrogen-bond acceptors (Lipinski definition) is 4. The summed E-state index contributed by atoms with van der Waals surface area (Å²) in [6.07, 6.45) is -3.27. The van der Waals surface area contributed by atoms with Crippen LogP contribution in [-0.2, 0) is 10.9 Å². The number of anilines is 1. The van der Waals surface area contributed by atoms with Crippen LogP contribution in [0.5, 0.6) is 5.75 Å². The van der Waals surface area contributed by atoms with Crippen molar-refractivity contribution in [2.45, 2.75) is 32.2 Å². The molecule has 0 unspecified atom stereocenters. The number of para-hydroxylation sites is 1. The maximum atomic E-state index is 13.1. The molecule has 0 saturated heterocycles. The third-order valence-electron chi connectivity index (χ3n) is 4.82. The number of aromatic nitrogens is 2. The molecule has 5 nitrogen and oxygen atoms in total. The first-order valence-electron chi connectivity index (χ1n) is 9.47. The van der Waals surface area contributed by atoms with Gasteiger partial charge in [-0.25, -0.2) is 4.98 Å². The second-order valence-corrected chi connectivity index (χ2v) is 7.54. The van der Waals surface area contributed by atoms with Gasteiger partial charge in [0.1, 0.15) is 30.0 Å². The summed E-state index contributed by atoms with van der Waals surface area (Å²) in [5.74, 6) is 1.44. The number of halogens is 3. The zero-order chi connectivity index (χ0) is 20.6. The minimum absolute atomic E-state index is 0.301. The minimum atomic E-state index is -4.45. The maximum Gasteiger partial charge on any atom is 0.431 e. The van der Waals surface area contributed by atoms with E-state index in [1.165, 1.54) is 12.3 Å². The van der Waals surface area contributed by atoms with Gasteiger partial charge >= 0.3 is 6.18 Å². The fourth-order valence-corrected chi connectivity index (χ4v) is 3.44. The van der Waals surface area contributed by atoms with Crippen molar-refractivity contribution in [1.82, 2.24) is 9.97 Å². The number of nitrogens with zero attached hydrogens (tertiary/aromatic N) is 1. The number of fused-ring (bicyclic) bond motifs is 2. The van der Waals surface area contributed by atoms with Crippen molar-refractivity contribution in [3.05, 3.63) is 53.9 Å². The van der Waals surface area contributed by atoms with Crippen LogP contribution in [0, 0.1) is 5.92 Å². The van der Waals surface area contributed by atoms with Crippen LogP contribution in [0.25, 0.3) is 10.9 Å². The van der Waals surface area contributed by atoms with Crippen molar-refractivity contribution in [2.24, 2.45) is 5.92 Å². The third-order valence-corrected chi connectivity index (χ3v) is 4.82. The lowest BCUT2D eigenvalue weighted by atomic mass is 9.97. The molecule has 1 aliphatic rings. The van der Waals surface area contributed by atoms with Gasteiger partial charge in [-0.1, -0.05) is 32.0 Å². The number of nitrogens with one attached hydrogen (secondary N) is 2. The molecular weight excluding hydrogens is 383 g/mol. The van der Waals surface area contributed by atoms with E-state index in [0.717, 1.165) is 17.4 Å². The monoisotopic (exact) mass is 405 g/mol. The summed E-state index contributed by atoms with van der Waals surface area (Å²) >= 11 is 0. The predicted octanol–water partition coefficient (Wildman–Crippen LogP) is 5.17. The maximum absolute atomic E-state index is 13.1. The summed E-state index contributed by atoms with van der Waals surface area (Å²) in [7, 11) is 0. The lowest BCUT2D eigenvalue weighted by Crippen LogP contribution is -2.38. The average molecular weight is 405 g/mol. The zero-order valence-electron chi connectivity index (χ0n) is 16.1. The molecule has 0 spiro atoms. The number of aromatic amines is 1. The lowest BCUT2D eigenvalue weighted by molar-refractivity contribution is -0.140. The van der Waals surface area contributed by atoms with Crippen molar-refractivity contribution >= 4 is 16.7 Å². The number of rotatable bonds is 5. The Hall–Kier alpha value is -2.74. The summed E-state index contributed by atoms with van der Waals surface area (Å²) in [4.78, 5) is 6.73. The van der Waals surface area contributed by atoms with E-state index >= 15 is 0 Å². The van der Waals surface area contributed by atoms with Gasteiger partial charge in [-0.05, 0) is 24.1 Å². The Morgan fingerprint density at radius 3 is 2.83 bits per heavy atom. The van der Waals surface area contributed by atoms with Crippen molar-refractivity contribution in [1.29, 1.82) is 0 Å². The Labute approximate surface area is 166 Å². The Bertz CT molecular complexity index is 1000. The van der Waals surface area contributed by atoms with E-state index in [0.29, 0.717) is 35.9 Å². The topological polar surface area (TPSA) is 59.2 Å². The first-order valence-corrected chi connectivity index (χ1v) is 9.47. The number of benzene rings is 1. The largest absolute Gasteiger partial charge is 0.490 e. The first kappa shape index (κ1) is 19.6. The number of H-pyrrole nitrogens is 1. The van der Waals surface area contributed by atoms with Crippen molar-refractivity contribution in [3.63, 3.8) is 0 Å². The number of hydrogen-bond donors (Lipinski definition) is 2. The van der Waals surface area contributed by atoms with E-state index in [1.54, 1.807) is 0 Å². The molecule has 2 aromatic heterocycles. The van der Waals surface area contributed by atoms with Crippen molar-refractivity contribution in [2.75, 3.05) is 18.5 Å². The Morgan fingerprint density at radius 2 is 2.07 bits per heavy atom. The second-order valence-electron chi connectivity index (χ2n) is 7.54. The summed E-state index contributed by atoms with van der Waals surface area (Å²) in [6.45, 7) is 5.01. The van der Waals surface area contributed by atoms with E-state index in [1.807, 2.05) is 24.3 Å². The molecule has 3 aromatic rings. The van der Waals surface area contributed by atoms with Crippen molar-refractivity contribution in [3.8, 4) is 5.75 Å². The molecule has 1 aromatic carbocycles. The number of alkyl halides is 3. The van der Waals surface area contributed by atoms with Gasteiger partial charge in [-0.2, -0.15) is 13.2 Å². The molecule has 8 heteroatoms. The van der Waals surface area contributed by atoms with E-state index in [2.05, 4.69) is 29.1 Å². The van der Waals surface area contributed by atoms with E-state index in [-0.39, 0.29) is 12.1 Å². The molecule has 4 rings (SSSR count). The van der Waals surface area contributed by atoms with Crippen LogP contribution in [0.1, 0.15) is 31.1 Å². The van der Waals surface area contributed by atoms with E-state index < -0.39 is 11.9 Å². The fraction of sp³-hybridized carbons (Fsp3) is 0.381. The normalized spacial score (nSPS) is 19.2. The summed E-state index contributed by atoms with van der Waals surface area (Å²) in [5, 5.41) is 3.70. The quantitative estimate of drug-likeness (QED) is 0.615. The Morgan fingerprint density at radius 1 is 1.28 bits per heavy atom. The molecule has 3 heterocycles. The highest BCUT2D eigenvalue weighted by Gasteiger charge is 2.35. The molecule has 2 atom stereocenters. The molecule has 0 bridgehead atoms. The SMILES string of the molecule is CC(C)CO[C@H]1COc2ccccc2[C@@H]1Nc1nccc2[nH]c(C(F)(F)F)cc12. The molecule has 154 valence electrons. The second kappa shape index (κ2) is 7.59. The van der Waals surface area contributed by atoms with Gasteiger partial charge in [0.15, 0.2) is 0 Å². The van der Waals surface area contributed by atoms with Gasteiger partial charge in [-0.15, -0.1) is 0 Å². The molecule has 0 amide bonds. The highest BCUT2D eigenvalue weighted by molar-refractivity contribution is 5.90. The van der Waals surface area contributed by atoms with Gasteiger partial charge < -0.3 is 19.8 Å². The minimum Gasteiger partial charge on any atom is -0.490 e. The first-order chi connectivity index (χ1) is 13.8. The summed E-state index contributed by atoms with van der Waals surface area (Å²) in [5.41, 5.74) is 0.455. The molecule has 1 aliphatic heterocycles. The van der Waals surface area contributed by atoms with E-state index in [4.69, 9.17) is 9.47 Å². The van der Waals surface area contributed by atoms with Crippen LogP contribution in [0.15, 0.2) is 42.6 Å². The number of ether oxygens (including phenoxy) is 2. The average Bonchev–Trinajstić information content (AvgIpc) is 3.13. The molecule has 0 fully saturated rings. The zero-order valence-corrected chi connectivity index (χ0v) is 16.1. The molecule has 2 N–H and O–H groups in total. The van der Waals surface area contributed by atoms with Crippen molar-refractivity contribution < 1.29 is 22.6 Å². The van der Waals surface area contributed by atoms with Crippen LogP contribution in [-0.4, -0.2) is 29.3 Å². The van der Waals surface area contributed by atoms with Gasteiger partial charge in [0, 0.05) is 23.8 Å². The highest BCUT2D eigenvalue weighted by atomic mass is 19.4. The Kier molecular flexibility index (Phi) is 5.12. The van der Waals surface area contributed by atoms with Gasteiger partial charge in [0.2, 0.25) is 0 Å². The molecule has 0 saturated carbocycles. The molecule has 29 heavy (non-hydrogen) atoms. The highest BCUT2D eigenvalue weighted by Crippen LogP contribution is 2.38. The molecule has 0 aliphatic carbocycles.